The summed E-state index contributed by atoms with van der Waals surface area (Å²) in [4.78, 5) is 0.208. The lowest BCUT2D eigenvalue weighted by atomic mass is 10.0. The second kappa shape index (κ2) is 4.69. The van der Waals surface area contributed by atoms with Crippen molar-refractivity contribution in [3.63, 3.8) is 0 Å². The molecule has 1 aromatic heterocycles. The normalized spacial score (nSPS) is 12.8. The molecule has 0 amide bonds. The first-order valence-corrected chi connectivity index (χ1v) is 6.68. The molecule has 1 atom stereocenters. The van der Waals surface area contributed by atoms with Gasteiger partial charge in [0.25, 0.3) is 0 Å². The van der Waals surface area contributed by atoms with Gasteiger partial charge in [0.05, 0.1) is 4.83 Å². The third-order valence-corrected chi connectivity index (χ3v) is 4.20. The maximum absolute atomic E-state index is 5.58. The maximum atomic E-state index is 5.58. The molecule has 0 bridgehead atoms. The van der Waals surface area contributed by atoms with Crippen LogP contribution in [0.5, 0.6) is 0 Å². The van der Waals surface area contributed by atoms with E-state index in [-0.39, 0.29) is 4.83 Å². The van der Waals surface area contributed by atoms with E-state index in [9.17, 15) is 0 Å². The van der Waals surface area contributed by atoms with Crippen LogP contribution in [0.1, 0.15) is 38.6 Å². The highest BCUT2D eigenvalue weighted by Gasteiger charge is 2.16. The topological polar surface area (TPSA) is 13.1 Å². The number of alkyl halides is 1. The molecule has 0 radical (unpaired) electrons. The van der Waals surface area contributed by atoms with Gasteiger partial charge in [-0.25, -0.2) is 0 Å². The molecule has 0 saturated heterocycles. The Hall–Kier alpha value is -1.02. The van der Waals surface area contributed by atoms with Gasteiger partial charge in [-0.05, 0) is 50.5 Å². The number of rotatable bonds is 2. The lowest BCUT2D eigenvalue weighted by molar-refractivity contribution is 0.502. The molecule has 2 heteroatoms. The van der Waals surface area contributed by atoms with Crippen molar-refractivity contribution >= 4 is 15.9 Å². The molecule has 1 heterocycles. The molecule has 90 valence electrons. The van der Waals surface area contributed by atoms with Gasteiger partial charge in [0, 0.05) is 5.56 Å². The Bertz CT molecular complexity index is 540. The lowest BCUT2D eigenvalue weighted by Crippen LogP contribution is -1.94. The molecule has 17 heavy (non-hydrogen) atoms. The minimum Gasteiger partial charge on any atom is -0.466 e. The summed E-state index contributed by atoms with van der Waals surface area (Å²) in [5, 5.41) is 0. The van der Waals surface area contributed by atoms with Crippen LogP contribution in [0, 0.1) is 27.7 Å². The average molecular weight is 293 g/mol. The summed E-state index contributed by atoms with van der Waals surface area (Å²) in [6, 6.07) is 8.67. The maximum Gasteiger partial charge on any atom is 0.105 e. The van der Waals surface area contributed by atoms with Gasteiger partial charge in [-0.15, -0.1) is 0 Å². The fourth-order valence-corrected chi connectivity index (χ4v) is 2.74. The molecule has 1 unspecified atom stereocenters. The fraction of sp³-hybridized carbons (Fsp3) is 0.333. The molecule has 0 aliphatic heterocycles. The number of benzene rings is 1. The zero-order chi connectivity index (χ0) is 12.6. The molecule has 0 N–H and O–H groups in total. The summed E-state index contributed by atoms with van der Waals surface area (Å²) in [6.45, 7) is 8.27. The van der Waals surface area contributed by atoms with Crippen LogP contribution < -0.4 is 0 Å². The fourth-order valence-electron chi connectivity index (χ4n) is 2.00. The Balaban J connectivity index is 2.40. The SMILES string of the molecule is Cc1cc(C(Br)c2ccc(C)c(C)c2)c(C)o1. The van der Waals surface area contributed by atoms with Gasteiger partial charge < -0.3 is 4.42 Å². The number of halogens is 1. The van der Waals surface area contributed by atoms with Gasteiger partial charge >= 0.3 is 0 Å². The van der Waals surface area contributed by atoms with E-state index in [1.165, 1.54) is 22.3 Å². The van der Waals surface area contributed by atoms with Gasteiger partial charge in [0.1, 0.15) is 11.5 Å². The summed E-state index contributed by atoms with van der Waals surface area (Å²) in [5.41, 5.74) is 5.14. The van der Waals surface area contributed by atoms with E-state index in [0.717, 1.165) is 11.5 Å². The molecule has 0 aliphatic rings. The van der Waals surface area contributed by atoms with Crippen molar-refractivity contribution in [1.82, 2.24) is 0 Å². The molecule has 2 aromatic rings. The lowest BCUT2D eigenvalue weighted by Gasteiger charge is -2.11. The van der Waals surface area contributed by atoms with Crippen LogP contribution in [0.2, 0.25) is 0 Å². The molecule has 1 aromatic carbocycles. The van der Waals surface area contributed by atoms with Crippen molar-refractivity contribution in [2.45, 2.75) is 32.5 Å². The quantitative estimate of drug-likeness (QED) is 0.710. The van der Waals surface area contributed by atoms with E-state index < -0.39 is 0 Å². The van der Waals surface area contributed by atoms with E-state index in [2.05, 4.69) is 54.0 Å². The first kappa shape index (κ1) is 12.4. The van der Waals surface area contributed by atoms with E-state index in [4.69, 9.17) is 4.42 Å². The molecular formula is C15H17BrO. The summed E-state index contributed by atoms with van der Waals surface area (Å²) in [7, 11) is 0. The van der Waals surface area contributed by atoms with Gasteiger partial charge in [0.15, 0.2) is 0 Å². The third-order valence-electron chi connectivity index (χ3n) is 3.18. The third kappa shape index (κ3) is 2.47. The highest BCUT2D eigenvalue weighted by atomic mass is 79.9. The molecule has 0 spiro atoms. The summed E-state index contributed by atoms with van der Waals surface area (Å²) >= 11 is 3.76. The Morgan fingerprint density at radius 2 is 1.71 bits per heavy atom. The van der Waals surface area contributed by atoms with Crippen molar-refractivity contribution in [1.29, 1.82) is 0 Å². The van der Waals surface area contributed by atoms with Crippen LogP contribution in [-0.2, 0) is 0 Å². The Morgan fingerprint density at radius 3 is 2.24 bits per heavy atom. The second-order valence-electron chi connectivity index (χ2n) is 4.57. The van der Waals surface area contributed by atoms with Crippen LogP contribution in [0.15, 0.2) is 28.7 Å². The van der Waals surface area contributed by atoms with Crippen LogP contribution in [0.3, 0.4) is 0 Å². The van der Waals surface area contributed by atoms with Crippen LogP contribution in [-0.4, -0.2) is 0 Å². The van der Waals surface area contributed by atoms with E-state index in [1.807, 2.05) is 13.8 Å². The number of hydrogen-bond donors (Lipinski definition) is 0. The molecule has 2 rings (SSSR count). The van der Waals surface area contributed by atoms with E-state index >= 15 is 0 Å². The largest absolute Gasteiger partial charge is 0.466 e. The summed E-state index contributed by atoms with van der Waals surface area (Å²) < 4.78 is 5.58. The Kier molecular flexibility index (Phi) is 3.43. The monoisotopic (exact) mass is 292 g/mol. The van der Waals surface area contributed by atoms with Crippen LogP contribution in [0.4, 0.5) is 0 Å². The van der Waals surface area contributed by atoms with Crippen molar-refractivity contribution in [2.24, 2.45) is 0 Å². The average Bonchev–Trinajstić information content (AvgIpc) is 2.61. The van der Waals surface area contributed by atoms with E-state index in [0.29, 0.717) is 0 Å². The highest BCUT2D eigenvalue weighted by Crippen LogP contribution is 2.35. The standard InChI is InChI=1S/C15H17BrO/c1-9-5-6-13(7-10(9)2)15(16)14-8-11(3)17-12(14)4/h5-8,15H,1-4H3. The van der Waals surface area contributed by atoms with Gasteiger partial charge in [-0.1, -0.05) is 34.1 Å². The minimum atomic E-state index is 0.208. The zero-order valence-electron chi connectivity index (χ0n) is 10.7. The minimum absolute atomic E-state index is 0.208. The van der Waals surface area contributed by atoms with Gasteiger partial charge in [-0.3, -0.25) is 0 Å². The van der Waals surface area contributed by atoms with Crippen molar-refractivity contribution < 1.29 is 4.42 Å². The molecule has 0 aliphatic carbocycles. The Labute approximate surface area is 111 Å². The number of furan rings is 1. The number of hydrogen-bond acceptors (Lipinski definition) is 1. The molecular weight excluding hydrogens is 276 g/mol. The number of aryl methyl sites for hydroxylation is 4. The van der Waals surface area contributed by atoms with Crippen molar-refractivity contribution in [3.8, 4) is 0 Å². The smallest absolute Gasteiger partial charge is 0.105 e. The van der Waals surface area contributed by atoms with Gasteiger partial charge in [-0.2, -0.15) is 0 Å². The predicted octanol–water partition coefficient (Wildman–Crippen LogP) is 5.00. The molecule has 0 fully saturated rings. The molecule has 0 saturated carbocycles. The van der Waals surface area contributed by atoms with Crippen molar-refractivity contribution in [2.75, 3.05) is 0 Å². The van der Waals surface area contributed by atoms with Crippen LogP contribution >= 0.6 is 15.9 Å². The van der Waals surface area contributed by atoms with E-state index in [1.54, 1.807) is 0 Å². The first-order chi connectivity index (χ1) is 7.99. The van der Waals surface area contributed by atoms with Crippen molar-refractivity contribution in [3.05, 3.63) is 58.0 Å². The first-order valence-electron chi connectivity index (χ1n) is 5.77. The molecule has 1 nitrogen and oxygen atoms in total. The second-order valence-corrected chi connectivity index (χ2v) is 5.49. The summed E-state index contributed by atoms with van der Waals surface area (Å²) in [5.74, 6) is 1.95. The van der Waals surface area contributed by atoms with Gasteiger partial charge in [0.2, 0.25) is 0 Å². The predicted molar refractivity (Wildman–Crippen MR) is 74.9 cm³/mol. The highest BCUT2D eigenvalue weighted by molar-refractivity contribution is 9.09. The summed E-state index contributed by atoms with van der Waals surface area (Å²) in [6.07, 6.45) is 0. The Morgan fingerprint density at radius 1 is 1.00 bits per heavy atom. The van der Waals surface area contributed by atoms with Crippen LogP contribution in [0.25, 0.3) is 0 Å². The zero-order valence-corrected chi connectivity index (χ0v) is 12.3.